The van der Waals surface area contributed by atoms with E-state index in [1.807, 2.05) is 36.6 Å². The number of benzene rings is 1. The number of carbonyl (C=O) groups is 1. The lowest BCUT2D eigenvalue weighted by Crippen LogP contribution is -2.37. The number of esters is 1. The molecule has 5 rings (SSSR count). The van der Waals surface area contributed by atoms with Crippen LogP contribution in [0.5, 0.6) is 5.75 Å². The number of para-hydroxylation sites is 1. The SMILES string of the molecule is CCOC(=O)C1CCN(c2ccc(-c3cn4c(Cc5ccccc5OC(F)F)c(C)nc4cn3)cn2)CC1. The second-order valence-corrected chi connectivity index (χ2v) is 9.23. The summed E-state index contributed by atoms with van der Waals surface area (Å²) in [5, 5.41) is 0. The van der Waals surface area contributed by atoms with Crippen molar-refractivity contribution in [2.24, 2.45) is 5.92 Å². The summed E-state index contributed by atoms with van der Waals surface area (Å²) < 4.78 is 37.6. The van der Waals surface area contributed by atoms with Gasteiger partial charge in [-0.3, -0.25) is 14.2 Å². The molecule has 1 saturated heterocycles. The molecule has 1 aliphatic heterocycles. The number of halogens is 2. The summed E-state index contributed by atoms with van der Waals surface area (Å²) in [6.45, 7) is 2.71. The topological polar surface area (TPSA) is 81.9 Å². The van der Waals surface area contributed by atoms with Gasteiger partial charge in [-0.05, 0) is 44.9 Å². The highest BCUT2D eigenvalue weighted by molar-refractivity contribution is 5.73. The molecule has 0 saturated carbocycles. The molecule has 1 aliphatic rings. The van der Waals surface area contributed by atoms with Gasteiger partial charge in [-0.2, -0.15) is 8.78 Å². The summed E-state index contributed by atoms with van der Waals surface area (Å²) in [5.41, 5.74) is 4.53. The first-order valence-electron chi connectivity index (χ1n) is 12.7. The van der Waals surface area contributed by atoms with Crippen LogP contribution in [-0.4, -0.2) is 51.6 Å². The fourth-order valence-corrected chi connectivity index (χ4v) is 4.85. The number of carbonyl (C=O) groups excluding carboxylic acids is 1. The third-order valence-corrected chi connectivity index (χ3v) is 6.84. The molecule has 8 nitrogen and oxygen atoms in total. The maximum absolute atomic E-state index is 12.9. The number of aryl methyl sites for hydroxylation is 1. The third kappa shape index (κ3) is 5.44. The molecule has 0 bridgehead atoms. The fraction of sp³-hybridized carbons (Fsp3) is 0.357. The molecule has 0 N–H and O–H groups in total. The van der Waals surface area contributed by atoms with Crippen molar-refractivity contribution >= 4 is 17.4 Å². The normalized spacial score (nSPS) is 14.3. The Bertz CT molecular complexity index is 1420. The van der Waals surface area contributed by atoms with Crippen molar-refractivity contribution in [2.45, 2.75) is 39.7 Å². The number of fused-ring (bicyclic) bond motifs is 1. The average Bonchev–Trinajstić information content (AvgIpc) is 3.24. The average molecular weight is 522 g/mol. The van der Waals surface area contributed by atoms with Gasteiger partial charge in [0.25, 0.3) is 0 Å². The van der Waals surface area contributed by atoms with E-state index < -0.39 is 6.61 Å². The van der Waals surface area contributed by atoms with E-state index in [0.717, 1.165) is 48.7 Å². The van der Waals surface area contributed by atoms with Crippen molar-refractivity contribution in [3.63, 3.8) is 0 Å². The first kappa shape index (κ1) is 25.6. The minimum atomic E-state index is -2.89. The zero-order chi connectivity index (χ0) is 26.6. The summed E-state index contributed by atoms with van der Waals surface area (Å²) in [6.07, 6.45) is 7.24. The molecule has 4 aromatic rings. The van der Waals surface area contributed by atoms with Gasteiger partial charge in [0, 0.05) is 43.0 Å². The number of alkyl halides is 2. The number of pyridine rings is 1. The van der Waals surface area contributed by atoms with E-state index in [4.69, 9.17) is 9.47 Å². The van der Waals surface area contributed by atoms with Crippen LogP contribution in [0.1, 0.15) is 36.7 Å². The second kappa shape index (κ2) is 11.1. The van der Waals surface area contributed by atoms with Crippen LogP contribution >= 0.6 is 0 Å². The Morgan fingerprint density at radius 3 is 2.61 bits per heavy atom. The molecule has 0 atom stereocenters. The molecule has 38 heavy (non-hydrogen) atoms. The van der Waals surface area contributed by atoms with Crippen LogP contribution in [0.4, 0.5) is 14.6 Å². The van der Waals surface area contributed by atoms with Crippen molar-refractivity contribution in [1.82, 2.24) is 19.4 Å². The molecule has 0 aliphatic carbocycles. The summed E-state index contributed by atoms with van der Waals surface area (Å²) >= 11 is 0. The predicted octanol–water partition coefficient (Wildman–Crippen LogP) is 5.07. The highest BCUT2D eigenvalue weighted by Gasteiger charge is 2.26. The van der Waals surface area contributed by atoms with Crippen LogP contribution < -0.4 is 9.64 Å². The monoisotopic (exact) mass is 521 g/mol. The Kier molecular flexibility index (Phi) is 7.48. The third-order valence-electron chi connectivity index (χ3n) is 6.84. The number of imidazole rings is 1. The van der Waals surface area contributed by atoms with E-state index in [9.17, 15) is 13.6 Å². The van der Waals surface area contributed by atoms with Gasteiger partial charge in [-0.1, -0.05) is 18.2 Å². The highest BCUT2D eigenvalue weighted by Crippen LogP contribution is 2.28. The Morgan fingerprint density at radius 1 is 1.11 bits per heavy atom. The minimum Gasteiger partial charge on any atom is -0.466 e. The summed E-state index contributed by atoms with van der Waals surface area (Å²) in [6, 6.07) is 10.7. The zero-order valence-electron chi connectivity index (χ0n) is 21.3. The second-order valence-electron chi connectivity index (χ2n) is 9.23. The summed E-state index contributed by atoms with van der Waals surface area (Å²) in [5.74, 6) is 0.836. The Balaban J connectivity index is 1.35. The Labute approximate surface area is 219 Å². The standard InChI is InChI=1S/C28H29F2N5O3/c1-3-37-27(36)19-10-12-34(13-11-19)25-9-8-21(15-32-25)22-17-35-23(18(2)33-26(35)16-31-22)14-20-6-4-5-7-24(20)38-28(29)30/h4-9,15-17,19,28H,3,10-14H2,1-2H3. The van der Waals surface area contributed by atoms with Gasteiger partial charge in [0.1, 0.15) is 11.6 Å². The molecule has 198 valence electrons. The molecule has 0 radical (unpaired) electrons. The van der Waals surface area contributed by atoms with Crippen LogP contribution in [0, 0.1) is 12.8 Å². The van der Waals surface area contributed by atoms with Crippen LogP contribution in [0.15, 0.2) is 55.0 Å². The van der Waals surface area contributed by atoms with E-state index in [1.54, 1.807) is 36.7 Å². The van der Waals surface area contributed by atoms with Crippen LogP contribution in [0.25, 0.3) is 16.9 Å². The number of hydrogen-bond donors (Lipinski definition) is 0. The molecule has 0 amide bonds. The quantitative estimate of drug-likeness (QED) is 0.300. The minimum absolute atomic E-state index is 0.0527. The lowest BCUT2D eigenvalue weighted by atomic mass is 9.97. The molecule has 3 aromatic heterocycles. The van der Waals surface area contributed by atoms with Gasteiger partial charge >= 0.3 is 12.6 Å². The van der Waals surface area contributed by atoms with E-state index in [2.05, 4.69) is 19.9 Å². The van der Waals surface area contributed by atoms with Crippen molar-refractivity contribution in [2.75, 3.05) is 24.6 Å². The molecule has 0 spiro atoms. The van der Waals surface area contributed by atoms with Gasteiger partial charge in [0.15, 0.2) is 5.65 Å². The number of piperidine rings is 1. The van der Waals surface area contributed by atoms with Crippen molar-refractivity contribution in [3.05, 3.63) is 71.9 Å². The van der Waals surface area contributed by atoms with Crippen LogP contribution in [0.2, 0.25) is 0 Å². The van der Waals surface area contributed by atoms with Crippen molar-refractivity contribution in [1.29, 1.82) is 0 Å². The van der Waals surface area contributed by atoms with Gasteiger partial charge < -0.3 is 14.4 Å². The Hall–Kier alpha value is -4.08. The molecule has 10 heteroatoms. The number of aromatic nitrogens is 4. The van der Waals surface area contributed by atoms with E-state index in [0.29, 0.717) is 29.9 Å². The maximum Gasteiger partial charge on any atom is 0.387 e. The van der Waals surface area contributed by atoms with E-state index >= 15 is 0 Å². The van der Waals surface area contributed by atoms with E-state index in [1.165, 1.54) is 0 Å². The fourth-order valence-electron chi connectivity index (χ4n) is 4.85. The summed E-state index contributed by atoms with van der Waals surface area (Å²) in [4.78, 5) is 28.0. The number of anilines is 1. The zero-order valence-corrected chi connectivity index (χ0v) is 21.3. The van der Waals surface area contributed by atoms with Crippen LogP contribution in [0.3, 0.4) is 0 Å². The molecular formula is C28H29F2N5O3. The van der Waals surface area contributed by atoms with Gasteiger partial charge in [-0.15, -0.1) is 0 Å². The van der Waals surface area contributed by atoms with Gasteiger partial charge in [0.05, 0.1) is 35.8 Å². The first-order valence-corrected chi connectivity index (χ1v) is 12.7. The molecule has 0 unspecified atom stereocenters. The van der Waals surface area contributed by atoms with Crippen LogP contribution in [-0.2, 0) is 16.0 Å². The lowest BCUT2D eigenvalue weighted by Gasteiger charge is -2.31. The predicted molar refractivity (Wildman–Crippen MR) is 138 cm³/mol. The van der Waals surface area contributed by atoms with Crippen molar-refractivity contribution in [3.8, 4) is 17.0 Å². The van der Waals surface area contributed by atoms with Gasteiger partial charge in [-0.25, -0.2) is 9.97 Å². The van der Waals surface area contributed by atoms with Crippen molar-refractivity contribution < 1.29 is 23.0 Å². The number of rotatable bonds is 8. The number of hydrogen-bond acceptors (Lipinski definition) is 7. The smallest absolute Gasteiger partial charge is 0.387 e. The summed E-state index contributed by atoms with van der Waals surface area (Å²) in [7, 11) is 0. The first-order chi connectivity index (χ1) is 18.4. The van der Waals surface area contributed by atoms with Gasteiger partial charge in [0.2, 0.25) is 0 Å². The number of ether oxygens (including phenoxy) is 2. The largest absolute Gasteiger partial charge is 0.466 e. The molecule has 1 aromatic carbocycles. The molecule has 1 fully saturated rings. The molecular weight excluding hydrogens is 492 g/mol. The number of nitrogens with zero attached hydrogens (tertiary/aromatic N) is 5. The Morgan fingerprint density at radius 2 is 1.89 bits per heavy atom. The van der Waals surface area contributed by atoms with E-state index in [-0.39, 0.29) is 17.6 Å². The maximum atomic E-state index is 12.9. The lowest BCUT2D eigenvalue weighted by molar-refractivity contribution is -0.148. The molecule has 4 heterocycles. The highest BCUT2D eigenvalue weighted by atomic mass is 19.3.